The van der Waals surface area contributed by atoms with Crippen LogP contribution in [-0.4, -0.2) is 57.7 Å². The lowest BCUT2D eigenvalue weighted by molar-refractivity contribution is 0.0948. The van der Waals surface area contributed by atoms with Crippen molar-refractivity contribution >= 4 is 23.3 Å². The molecule has 2 amide bonds. The fourth-order valence-electron chi connectivity index (χ4n) is 3.06. The lowest BCUT2D eigenvalue weighted by Gasteiger charge is -2.30. The van der Waals surface area contributed by atoms with Crippen molar-refractivity contribution in [2.75, 3.05) is 26.2 Å². The average Bonchev–Trinajstić information content (AvgIpc) is 3.41. The molecule has 0 spiro atoms. The minimum atomic E-state index is -0.369. The molecule has 0 aliphatic carbocycles. The molecule has 0 unspecified atom stereocenters. The van der Waals surface area contributed by atoms with Crippen LogP contribution in [0.15, 0.2) is 24.1 Å². The van der Waals surface area contributed by atoms with Gasteiger partial charge in [0.05, 0.1) is 11.3 Å². The van der Waals surface area contributed by atoms with Crippen LogP contribution in [-0.2, 0) is 11.3 Å². The van der Waals surface area contributed by atoms with Crippen LogP contribution < -0.4 is 5.32 Å². The number of imidazole rings is 1. The molecule has 2 aromatic rings. The van der Waals surface area contributed by atoms with Gasteiger partial charge in [0, 0.05) is 49.9 Å². The number of carbonyl (C=O) groups excluding carboxylic acids is 2. The van der Waals surface area contributed by atoms with Gasteiger partial charge in [0.25, 0.3) is 5.91 Å². The van der Waals surface area contributed by atoms with E-state index in [4.69, 9.17) is 11.2 Å². The third kappa shape index (κ3) is 5.33. The molecule has 148 valence electrons. The number of aromatic nitrogens is 3. The van der Waals surface area contributed by atoms with Crippen molar-refractivity contribution in [3.63, 3.8) is 0 Å². The van der Waals surface area contributed by atoms with Crippen LogP contribution in [0.3, 0.4) is 0 Å². The summed E-state index contributed by atoms with van der Waals surface area (Å²) in [7, 11) is 0. The second-order valence-corrected chi connectivity index (χ2v) is 7.39. The Balaban J connectivity index is 1.42. The number of carbonyl (C=O) groups is 2. The zero-order valence-corrected chi connectivity index (χ0v) is 16.4. The van der Waals surface area contributed by atoms with Crippen LogP contribution >= 0.6 is 11.3 Å². The Hall–Kier alpha value is -2.86. The number of amides is 2. The van der Waals surface area contributed by atoms with Gasteiger partial charge in [-0.05, 0) is 19.3 Å². The molecule has 1 aliphatic rings. The molecule has 9 heteroatoms. The molecular weight excluding hydrogens is 378 g/mol. The maximum atomic E-state index is 12.3. The van der Waals surface area contributed by atoms with Crippen LogP contribution in [0.25, 0.3) is 0 Å². The predicted octanol–water partition coefficient (Wildman–Crippen LogP) is 2.11. The fourth-order valence-corrected chi connectivity index (χ4v) is 4.03. The van der Waals surface area contributed by atoms with E-state index >= 15 is 0 Å². The summed E-state index contributed by atoms with van der Waals surface area (Å²) in [5, 5.41) is 5.65. The van der Waals surface area contributed by atoms with Crippen molar-refractivity contribution in [3.8, 4) is 12.3 Å². The number of nitrogens with one attached hydrogen (secondary N) is 1. The number of terminal acetylenes is 1. The van der Waals surface area contributed by atoms with E-state index in [1.165, 1.54) is 11.3 Å². The highest BCUT2D eigenvalue weighted by atomic mass is 32.1. The number of likely N-dealkylation sites (tertiary alicyclic amines) is 1. The number of rotatable bonds is 7. The van der Waals surface area contributed by atoms with Crippen LogP contribution in [0.5, 0.6) is 0 Å². The van der Waals surface area contributed by atoms with E-state index in [0.29, 0.717) is 25.3 Å². The Morgan fingerprint density at radius 2 is 2.21 bits per heavy atom. The zero-order valence-electron chi connectivity index (χ0n) is 15.5. The lowest BCUT2D eigenvalue weighted by Crippen LogP contribution is -2.38. The van der Waals surface area contributed by atoms with Crippen molar-refractivity contribution in [2.24, 2.45) is 0 Å². The Morgan fingerprint density at radius 3 is 2.93 bits per heavy atom. The highest BCUT2D eigenvalue weighted by molar-refractivity contribution is 7.09. The number of aryl methyl sites for hydroxylation is 1. The summed E-state index contributed by atoms with van der Waals surface area (Å²) >= 11 is 1.50. The van der Waals surface area contributed by atoms with E-state index in [1.54, 1.807) is 22.8 Å². The fraction of sp³-hybridized carbons (Fsp3) is 0.474. The minimum Gasteiger partial charge on any atom is -0.436 e. The zero-order chi connectivity index (χ0) is 19.8. The van der Waals surface area contributed by atoms with E-state index in [2.05, 4.69) is 21.2 Å². The molecular formula is C19H23N5O3S. The van der Waals surface area contributed by atoms with Gasteiger partial charge >= 0.3 is 6.09 Å². The van der Waals surface area contributed by atoms with Crippen molar-refractivity contribution in [1.29, 1.82) is 0 Å². The smallest absolute Gasteiger partial charge is 0.410 e. The maximum Gasteiger partial charge on any atom is 0.410 e. The first-order valence-corrected chi connectivity index (χ1v) is 10.1. The molecule has 1 aliphatic heterocycles. The second kappa shape index (κ2) is 9.90. The first-order valence-electron chi connectivity index (χ1n) is 9.22. The van der Waals surface area contributed by atoms with Crippen LogP contribution in [0.1, 0.15) is 40.7 Å². The van der Waals surface area contributed by atoms with Crippen molar-refractivity contribution in [1.82, 2.24) is 24.8 Å². The van der Waals surface area contributed by atoms with Gasteiger partial charge in [-0.2, -0.15) is 0 Å². The topological polar surface area (TPSA) is 89.4 Å². The van der Waals surface area contributed by atoms with Crippen molar-refractivity contribution in [3.05, 3.63) is 34.8 Å². The number of thiazole rings is 1. The first kappa shape index (κ1) is 19.9. The minimum absolute atomic E-state index is 0.00790. The number of piperidine rings is 1. The number of hydrogen-bond acceptors (Lipinski definition) is 6. The van der Waals surface area contributed by atoms with E-state index in [1.807, 2.05) is 10.8 Å². The molecule has 8 nitrogen and oxygen atoms in total. The molecule has 0 aromatic carbocycles. The summed E-state index contributed by atoms with van der Waals surface area (Å²) in [5.41, 5.74) is 0.457. The van der Waals surface area contributed by atoms with Gasteiger partial charge in [0.15, 0.2) is 6.61 Å². The molecule has 0 radical (unpaired) electrons. The Kier molecular flexibility index (Phi) is 7.03. The molecule has 3 rings (SSSR count). The van der Waals surface area contributed by atoms with Gasteiger partial charge in [0.1, 0.15) is 5.69 Å². The monoisotopic (exact) mass is 401 g/mol. The van der Waals surface area contributed by atoms with Crippen LogP contribution in [0, 0.1) is 12.3 Å². The van der Waals surface area contributed by atoms with E-state index in [-0.39, 0.29) is 24.5 Å². The van der Waals surface area contributed by atoms with Crippen LogP contribution in [0.2, 0.25) is 0 Å². The van der Waals surface area contributed by atoms with E-state index in [0.717, 1.165) is 30.8 Å². The molecule has 2 aromatic heterocycles. The molecule has 1 fully saturated rings. The summed E-state index contributed by atoms with van der Waals surface area (Å²) < 4.78 is 6.93. The molecule has 1 N–H and O–H groups in total. The largest absolute Gasteiger partial charge is 0.436 e. The van der Waals surface area contributed by atoms with Crippen LogP contribution in [0.4, 0.5) is 4.79 Å². The highest BCUT2D eigenvalue weighted by Gasteiger charge is 2.27. The molecule has 0 saturated carbocycles. The van der Waals surface area contributed by atoms with Gasteiger partial charge in [-0.1, -0.05) is 5.92 Å². The van der Waals surface area contributed by atoms with Gasteiger partial charge in [0.2, 0.25) is 0 Å². The lowest BCUT2D eigenvalue weighted by atomic mass is 9.98. The Morgan fingerprint density at radius 1 is 1.39 bits per heavy atom. The SMILES string of the molecule is C#CCOC(=O)N1CCC(c2nc(C(=O)NCCCn3ccnc3)cs2)CC1. The quantitative estimate of drug-likeness (QED) is 0.567. The summed E-state index contributed by atoms with van der Waals surface area (Å²) in [6.07, 6.45) is 12.5. The summed E-state index contributed by atoms with van der Waals surface area (Å²) in [6, 6.07) is 0. The van der Waals surface area contributed by atoms with Gasteiger partial charge in [-0.3, -0.25) is 4.79 Å². The number of ether oxygens (including phenoxy) is 1. The third-order valence-electron chi connectivity index (χ3n) is 4.57. The number of nitrogens with zero attached hydrogens (tertiary/aromatic N) is 4. The third-order valence-corrected chi connectivity index (χ3v) is 5.58. The summed E-state index contributed by atoms with van der Waals surface area (Å²) in [5.74, 6) is 2.40. The predicted molar refractivity (Wildman–Crippen MR) is 105 cm³/mol. The maximum absolute atomic E-state index is 12.3. The van der Waals surface area contributed by atoms with Gasteiger partial charge in [-0.15, -0.1) is 17.8 Å². The van der Waals surface area contributed by atoms with Crippen molar-refractivity contribution < 1.29 is 14.3 Å². The number of hydrogen-bond donors (Lipinski definition) is 1. The molecule has 0 atom stereocenters. The molecule has 3 heterocycles. The van der Waals surface area contributed by atoms with E-state index < -0.39 is 0 Å². The summed E-state index contributed by atoms with van der Waals surface area (Å²) in [4.78, 5) is 34.3. The molecule has 0 bridgehead atoms. The Labute approximate surface area is 167 Å². The Bertz CT molecular complexity index is 819. The molecule has 28 heavy (non-hydrogen) atoms. The van der Waals surface area contributed by atoms with Crippen molar-refractivity contribution in [2.45, 2.75) is 31.7 Å². The van der Waals surface area contributed by atoms with Gasteiger partial charge < -0.3 is 19.5 Å². The highest BCUT2D eigenvalue weighted by Crippen LogP contribution is 2.30. The normalized spacial score (nSPS) is 14.5. The molecule has 1 saturated heterocycles. The second-order valence-electron chi connectivity index (χ2n) is 6.50. The van der Waals surface area contributed by atoms with E-state index in [9.17, 15) is 9.59 Å². The standard InChI is InChI=1S/C19H23N5O3S/c1-2-12-27-19(26)24-9-4-15(5-10-24)18-22-16(13-28-18)17(25)21-6-3-8-23-11-7-20-14-23/h1,7,11,13-15H,3-6,8-10,12H2,(H,21,25). The first-order chi connectivity index (χ1) is 13.7. The summed E-state index contributed by atoms with van der Waals surface area (Å²) in [6.45, 7) is 2.59. The average molecular weight is 401 g/mol. The van der Waals surface area contributed by atoms with Gasteiger partial charge in [-0.25, -0.2) is 14.8 Å².